The number of nitrogens with two attached hydrogens (primary N) is 1. The zero-order chi connectivity index (χ0) is 9.07. The molecule has 0 saturated carbocycles. The summed E-state index contributed by atoms with van der Waals surface area (Å²) in [6, 6.07) is -2.03. The van der Waals surface area contributed by atoms with Crippen molar-refractivity contribution in [3.05, 3.63) is 0 Å². The van der Waals surface area contributed by atoms with Gasteiger partial charge in [0.2, 0.25) is 0 Å². The van der Waals surface area contributed by atoms with Crippen LogP contribution < -0.4 is 5.73 Å². The average molecular weight is 208 g/mol. The third-order valence-electron chi connectivity index (χ3n) is 1.09. The van der Waals surface area contributed by atoms with Gasteiger partial charge in [-0.2, -0.15) is 13.2 Å². The second kappa shape index (κ2) is 5.21. The number of hydrogen-bond acceptors (Lipinski definition) is 2. The predicted molar refractivity (Wildman–Crippen MR) is 38.1 cm³/mol. The maximum Gasteiger partial charge on any atom is 0.403 e. The minimum atomic E-state index is -4.49. The maximum atomic E-state index is 11.6. The molecule has 0 heterocycles. The van der Waals surface area contributed by atoms with Gasteiger partial charge in [0, 0.05) is 6.42 Å². The van der Waals surface area contributed by atoms with E-state index in [0.29, 0.717) is 0 Å². The molecule has 0 aromatic carbocycles. The van der Waals surface area contributed by atoms with Crippen molar-refractivity contribution in [3.63, 3.8) is 0 Å². The van der Waals surface area contributed by atoms with E-state index in [1.54, 1.807) is 0 Å². The molecule has 0 bridgehead atoms. The summed E-state index contributed by atoms with van der Waals surface area (Å²) in [7, 11) is 0. The fourth-order valence-corrected chi connectivity index (χ4v) is 0.443. The first kappa shape index (κ1) is 14.1. The van der Waals surface area contributed by atoms with E-state index in [4.69, 9.17) is 5.11 Å². The second-order valence-electron chi connectivity index (χ2n) is 2.08. The molecule has 0 unspecified atom stereocenters. The number of rotatable bonds is 3. The van der Waals surface area contributed by atoms with E-state index in [1.165, 1.54) is 0 Å². The fourth-order valence-electron chi connectivity index (χ4n) is 0.443. The van der Waals surface area contributed by atoms with Gasteiger partial charge in [-0.1, -0.05) is 0 Å². The van der Waals surface area contributed by atoms with Gasteiger partial charge in [-0.15, -0.1) is 12.4 Å². The monoisotopic (exact) mass is 207 g/mol. The summed E-state index contributed by atoms with van der Waals surface area (Å²) >= 11 is 0. The summed E-state index contributed by atoms with van der Waals surface area (Å²) in [6.07, 6.45) is -5.62. The Morgan fingerprint density at radius 2 is 1.92 bits per heavy atom. The SMILES string of the molecule is Cl.N[C@H](CCC(=O)O)C(F)(F)F. The van der Waals surface area contributed by atoms with Gasteiger partial charge in [-0.3, -0.25) is 4.79 Å². The Bertz CT molecular complexity index is 150. The zero-order valence-electron chi connectivity index (χ0n) is 5.97. The minimum Gasteiger partial charge on any atom is -0.481 e. The molecule has 0 aromatic rings. The van der Waals surface area contributed by atoms with Crippen molar-refractivity contribution < 1.29 is 23.1 Å². The third kappa shape index (κ3) is 6.23. The van der Waals surface area contributed by atoms with Crippen LogP contribution in [0.4, 0.5) is 13.2 Å². The number of carbonyl (C=O) groups is 1. The topological polar surface area (TPSA) is 63.3 Å². The van der Waals surface area contributed by atoms with Crippen LogP contribution in [-0.2, 0) is 4.79 Å². The number of aliphatic carboxylic acids is 1. The van der Waals surface area contributed by atoms with Gasteiger partial charge in [0.05, 0.1) is 0 Å². The van der Waals surface area contributed by atoms with Crippen molar-refractivity contribution in [2.24, 2.45) is 5.73 Å². The Morgan fingerprint density at radius 1 is 1.50 bits per heavy atom. The molecule has 3 N–H and O–H groups in total. The molecule has 0 saturated heterocycles. The number of hydrogen-bond donors (Lipinski definition) is 2. The van der Waals surface area contributed by atoms with E-state index in [1.807, 2.05) is 0 Å². The van der Waals surface area contributed by atoms with Gasteiger partial charge < -0.3 is 10.8 Å². The van der Waals surface area contributed by atoms with E-state index in [-0.39, 0.29) is 12.4 Å². The minimum absolute atomic E-state index is 0. The van der Waals surface area contributed by atoms with Crippen LogP contribution in [0.1, 0.15) is 12.8 Å². The average Bonchev–Trinajstić information content (AvgIpc) is 1.80. The lowest BCUT2D eigenvalue weighted by molar-refractivity contribution is -0.152. The summed E-state index contributed by atoms with van der Waals surface area (Å²) < 4.78 is 34.7. The van der Waals surface area contributed by atoms with Crippen LogP contribution in [0.5, 0.6) is 0 Å². The quantitative estimate of drug-likeness (QED) is 0.730. The van der Waals surface area contributed by atoms with Crippen molar-refractivity contribution in [3.8, 4) is 0 Å². The molecule has 1 atom stereocenters. The molecular formula is C5H9ClF3NO2. The highest BCUT2D eigenvalue weighted by Gasteiger charge is 2.36. The van der Waals surface area contributed by atoms with Gasteiger partial charge in [0.25, 0.3) is 0 Å². The molecule has 0 spiro atoms. The molecular weight excluding hydrogens is 199 g/mol. The van der Waals surface area contributed by atoms with Gasteiger partial charge >= 0.3 is 12.1 Å². The van der Waals surface area contributed by atoms with Gasteiger partial charge in [0.1, 0.15) is 6.04 Å². The summed E-state index contributed by atoms with van der Waals surface area (Å²) in [6.45, 7) is 0. The van der Waals surface area contributed by atoms with E-state index in [2.05, 4.69) is 5.73 Å². The number of halogens is 4. The molecule has 0 aromatic heterocycles. The van der Waals surface area contributed by atoms with Crippen molar-refractivity contribution in [1.29, 1.82) is 0 Å². The highest BCUT2D eigenvalue weighted by Crippen LogP contribution is 2.21. The Morgan fingerprint density at radius 3 is 2.17 bits per heavy atom. The van der Waals surface area contributed by atoms with Crippen molar-refractivity contribution >= 4 is 18.4 Å². The Kier molecular flexibility index (Phi) is 6.10. The number of carboxylic acids is 1. The normalized spacial score (nSPS) is 13.3. The first-order valence-corrected chi connectivity index (χ1v) is 2.88. The molecule has 0 radical (unpaired) electrons. The van der Waals surface area contributed by atoms with Gasteiger partial charge in [0.15, 0.2) is 0 Å². The molecule has 7 heteroatoms. The van der Waals surface area contributed by atoms with Crippen molar-refractivity contribution in [1.82, 2.24) is 0 Å². The highest BCUT2D eigenvalue weighted by atomic mass is 35.5. The molecule has 0 rings (SSSR count). The Balaban J connectivity index is 0. The molecule has 12 heavy (non-hydrogen) atoms. The van der Waals surface area contributed by atoms with E-state index >= 15 is 0 Å². The molecule has 0 aliphatic heterocycles. The van der Waals surface area contributed by atoms with Crippen LogP contribution in [0.3, 0.4) is 0 Å². The zero-order valence-corrected chi connectivity index (χ0v) is 6.78. The van der Waals surface area contributed by atoms with E-state index < -0.39 is 31.0 Å². The molecule has 0 aliphatic carbocycles. The first-order chi connectivity index (χ1) is 4.84. The van der Waals surface area contributed by atoms with Crippen LogP contribution >= 0.6 is 12.4 Å². The lowest BCUT2D eigenvalue weighted by Gasteiger charge is -2.13. The second-order valence-corrected chi connectivity index (χ2v) is 2.08. The predicted octanol–water partition coefficient (Wildman–Crippen LogP) is 1.16. The third-order valence-corrected chi connectivity index (χ3v) is 1.09. The molecule has 74 valence electrons. The van der Waals surface area contributed by atoms with Crippen LogP contribution in [0.25, 0.3) is 0 Å². The van der Waals surface area contributed by atoms with Crippen molar-refractivity contribution in [2.75, 3.05) is 0 Å². The van der Waals surface area contributed by atoms with Crippen LogP contribution in [0.2, 0.25) is 0 Å². The lowest BCUT2D eigenvalue weighted by atomic mass is 10.1. The largest absolute Gasteiger partial charge is 0.481 e. The summed E-state index contributed by atoms with van der Waals surface area (Å²) in [5.41, 5.74) is 4.61. The fraction of sp³-hybridized carbons (Fsp3) is 0.800. The maximum absolute atomic E-state index is 11.6. The first-order valence-electron chi connectivity index (χ1n) is 2.88. The molecule has 0 aliphatic rings. The van der Waals surface area contributed by atoms with E-state index in [9.17, 15) is 18.0 Å². The number of alkyl halides is 3. The van der Waals surface area contributed by atoms with Crippen LogP contribution in [0.15, 0.2) is 0 Å². The smallest absolute Gasteiger partial charge is 0.403 e. The molecule has 3 nitrogen and oxygen atoms in total. The highest BCUT2D eigenvalue weighted by molar-refractivity contribution is 5.85. The van der Waals surface area contributed by atoms with E-state index in [0.717, 1.165) is 0 Å². The lowest BCUT2D eigenvalue weighted by Crippen LogP contribution is -2.37. The van der Waals surface area contributed by atoms with Crippen LogP contribution in [0, 0.1) is 0 Å². The molecule has 0 fully saturated rings. The van der Waals surface area contributed by atoms with Gasteiger partial charge in [-0.25, -0.2) is 0 Å². The van der Waals surface area contributed by atoms with Crippen LogP contribution in [-0.4, -0.2) is 23.3 Å². The Hall–Kier alpha value is -0.490. The van der Waals surface area contributed by atoms with Gasteiger partial charge in [-0.05, 0) is 6.42 Å². The summed E-state index contributed by atoms with van der Waals surface area (Å²) in [5.74, 6) is -1.27. The summed E-state index contributed by atoms with van der Waals surface area (Å²) in [4.78, 5) is 9.81. The van der Waals surface area contributed by atoms with Crippen molar-refractivity contribution in [2.45, 2.75) is 25.1 Å². The summed E-state index contributed by atoms with van der Waals surface area (Å²) in [5, 5.41) is 8.01. The standard InChI is InChI=1S/C5H8F3NO2.ClH/c6-5(7,8)3(9)1-2-4(10)11;/h3H,1-2,9H2,(H,10,11);1H/t3-;/m1./s1. The number of carboxylic acid groups (broad SMARTS) is 1. The Labute approximate surface area is 73.1 Å². The molecule has 0 amide bonds.